The zero-order chi connectivity index (χ0) is 22.7. The lowest BCUT2D eigenvalue weighted by Crippen LogP contribution is -2.14. The molecule has 0 aliphatic rings. The Kier molecular flexibility index (Phi) is 7.57. The maximum atomic E-state index is 12.5. The molecule has 7 nitrogen and oxygen atoms in total. The summed E-state index contributed by atoms with van der Waals surface area (Å²) in [6.45, 7) is 2.78. The third-order valence-corrected chi connectivity index (χ3v) is 6.95. The molecule has 0 radical (unpaired) electrons. The van der Waals surface area contributed by atoms with Crippen molar-refractivity contribution in [1.29, 1.82) is 0 Å². The van der Waals surface area contributed by atoms with Gasteiger partial charge in [-0.05, 0) is 52.7 Å². The molecule has 3 aromatic heterocycles. The SMILES string of the molecule is CCCn1c(SCC(=O)Nc2nc(-c3ccc(Cl)cc3Cl)cs2)nnc1-c1ccc(Br)o1. The number of hydrogen-bond acceptors (Lipinski definition) is 7. The second kappa shape index (κ2) is 10.4. The fourth-order valence-corrected chi connectivity index (χ4v) is 5.18. The van der Waals surface area contributed by atoms with Gasteiger partial charge in [-0.2, -0.15) is 0 Å². The van der Waals surface area contributed by atoms with Crippen LogP contribution >= 0.6 is 62.2 Å². The van der Waals surface area contributed by atoms with Gasteiger partial charge in [-0.25, -0.2) is 4.98 Å². The van der Waals surface area contributed by atoms with Crippen LogP contribution in [0.25, 0.3) is 22.8 Å². The van der Waals surface area contributed by atoms with Crippen molar-refractivity contribution in [3.63, 3.8) is 0 Å². The number of furan rings is 1. The van der Waals surface area contributed by atoms with Crippen molar-refractivity contribution in [2.75, 3.05) is 11.1 Å². The van der Waals surface area contributed by atoms with Gasteiger partial charge in [-0.15, -0.1) is 21.5 Å². The Balaban J connectivity index is 1.41. The second-order valence-electron chi connectivity index (χ2n) is 6.56. The maximum Gasteiger partial charge on any atom is 0.236 e. The molecule has 0 spiro atoms. The zero-order valence-electron chi connectivity index (χ0n) is 16.6. The summed E-state index contributed by atoms with van der Waals surface area (Å²) in [6, 6.07) is 8.85. The van der Waals surface area contributed by atoms with E-state index in [1.54, 1.807) is 24.3 Å². The molecule has 0 aliphatic carbocycles. The van der Waals surface area contributed by atoms with E-state index in [-0.39, 0.29) is 11.7 Å². The van der Waals surface area contributed by atoms with E-state index in [9.17, 15) is 4.79 Å². The predicted molar refractivity (Wildman–Crippen MR) is 133 cm³/mol. The number of thioether (sulfide) groups is 1. The number of hydrogen-bond donors (Lipinski definition) is 1. The molecular weight excluding hydrogens is 557 g/mol. The van der Waals surface area contributed by atoms with E-state index in [1.807, 2.05) is 16.0 Å². The van der Waals surface area contributed by atoms with E-state index in [4.69, 9.17) is 27.6 Å². The molecule has 32 heavy (non-hydrogen) atoms. The van der Waals surface area contributed by atoms with Crippen LogP contribution in [0.15, 0.2) is 50.0 Å². The molecule has 0 unspecified atom stereocenters. The molecule has 1 amide bonds. The zero-order valence-corrected chi connectivity index (χ0v) is 21.4. The Bertz CT molecular complexity index is 1260. The van der Waals surface area contributed by atoms with Crippen molar-refractivity contribution in [1.82, 2.24) is 19.7 Å². The number of nitrogens with one attached hydrogen (secondary N) is 1. The molecule has 0 aliphatic heterocycles. The van der Waals surface area contributed by atoms with Crippen LogP contribution in [0.5, 0.6) is 0 Å². The summed E-state index contributed by atoms with van der Waals surface area (Å²) in [4.78, 5) is 17.0. The fourth-order valence-electron chi connectivity index (χ4n) is 2.87. The Morgan fingerprint density at radius 3 is 2.84 bits per heavy atom. The summed E-state index contributed by atoms with van der Waals surface area (Å²) < 4.78 is 8.18. The van der Waals surface area contributed by atoms with E-state index in [2.05, 4.69) is 43.4 Å². The lowest BCUT2D eigenvalue weighted by Gasteiger charge is -2.07. The van der Waals surface area contributed by atoms with Gasteiger partial charge in [0.2, 0.25) is 11.7 Å². The van der Waals surface area contributed by atoms with Gasteiger partial charge in [0.15, 0.2) is 20.7 Å². The van der Waals surface area contributed by atoms with Crippen molar-refractivity contribution < 1.29 is 9.21 Å². The molecule has 4 rings (SSSR count). The van der Waals surface area contributed by atoms with Crippen LogP contribution in [-0.4, -0.2) is 31.4 Å². The maximum absolute atomic E-state index is 12.5. The normalized spacial score (nSPS) is 11.1. The number of rotatable bonds is 8. The molecule has 12 heteroatoms. The topological polar surface area (TPSA) is 85.8 Å². The summed E-state index contributed by atoms with van der Waals surface area (Å²) in [7, 11) is 0. The standard InChI is InChI=1S/C20H16BrCl2N5O2S2/c1-2-7-28-18(15-5-6-16(21)30-15)26-27-20(28)32-10-17(29)25-19-24-14(9-31-19)12-4-3-11(22)8-13(12)23/h3-6,8-9H,2,7,10H2,1H3,(H,24,25,29). The Labute approximate surface area is 210 Å². The van der Waals surface area contributed by atoms with Crippen molar-refractivity contribution in [2.24, 2.45) is 0 Å². The highest BCUT2D eigenvalue weighted by atomic mass is 79.9. The number of carbonyl (C=O) groups excluding carboxylic acids is 1. The number of thiazole rings is 1. The van der Waals surface area contributed by atoms with Gasteiger partial charge in [0.05, 0.1) is 16.5 Å². The fraction of sp³-hybridized carbons (Fsp3) is 0.200. The number of halogens is 3. The summed E-state index contributed by atoms with van der Waals surface area (Å²) in [5.74, 6) is 1.22. The van der Waals surface area contributed by atoms with Crippen molar-refractivity contribution in [3.05, 3.63) is 50.4 Å². The highest BCUT2D eigenvalue weighted by Crippen LogP contribution is 2.32. The molecule has 0 bridgehead atoms. The van der Waals surface area contributed by atoms with Crippen molar-refractivity contribution >= 4 is 73.3 Å². The van der Waals surface area contributed by atoms with Crippen LogP contribution in [0, 0.1) is 0 Å². The molecule has 0 saturated heterocycles. The largest absolute Gasteiger partial charge is 0.446 e. The molecule has 4 aromatic rings. The number of nitrogens with zero attached hydrogens (tertiary/aromatic N) is 4. The Hall–Kier alpha value is -1.85. The van der Waals surface area contributed by atoms with E-state index in [0.29, 0.717) is 48.8 Å². The van der Waals surface area contributed by atoms with Crippen LogP contribution in [0.4, 0.5) is 5.13 Å². The van der Waals surface area contributed by atoms with Gasteiger partial charge in [-0.1, -0.05) is 41.9 Å². The van der Waals surface area contributed by atoms with Gasteiger partial charge < -0.3 is 9.73 Å². The molecule has 1 aromatic carbocycles. The van der Waals surface area contributed by atoms with Crippen LogP contribution in [0.1, 0.15) is 13.3 Å². The average molecular weight is 573 g/mol. The van der Waals surface area contributed by atoms with Crippen molar-refractivity contribution in [2.45, 2.75) is 25.0 Å². The average Bonchev–Trinajstić information content (AvgIpc) is 3.47. The first-order valence-corrected chi connectivity index (χ1v) is 12.9. The highest BCUT2D eigenvalue weighted by molar-refractivity contribution is 9.10. The first-order chi connectivity index (χ1) is 15.4. The smallest absolute Gasteiger partial charge is 0.236 e. The van der Waals surface area contributed by atoms with Crippen LogP contribution in [-0.2, 0) is 11.3 Å². The number of carbonyl (C=O) groups is 1. The number of amides is 1. The second-order valence-corrected chi connectivity index (χ2v) is 9.99. The van der Waals surface area contributed by atoms with E-state index in [0.717, 1.165) is 12.0 Å². The lowest BCUT2D eigenvalue weighted by molar-refractivity contribution is -0.113. The van der Waals surface area contributed by atoms with Gasteiger partial charge in [0.25, 0.3) is 0 Å². The Morgan fingerprint density at radius 2 is 2.12 bits per heavy atom. The quantitative estimate of drug-likeness (QED) is 0.232. The third kappa shape index (κ3) is 5.37. The van der Waals surface area contributed by atoms with E-state index >= 15 is 0 Å². The minimum atomic E-state index is -0.188. The van der Waals surface area contributed by atoms with Gasteiger partial charge in [0, 0.05) is 22.5 Å². The minimum absolute atomic E-state index is 0.167. The lowest BCUT2D eigenvalue weighted by atomic mass is 10.2. The molecule has 3 heterocycles. The van der Waals surface area contributed by atoms with E-state index < -0.39 is 0 Å². The number of benzene rings is 1. The summed E-state index contributed by atoms with van der Waals surface area (Å²) in [6.07, 6.45) is 0.891. The minimum Gasteiger partial charge on any atom is -0.446 e. The van der Waals surface area contributed by atoms with Gasteiger partial charge in [-0.3, -0.25) is 9.36 Å². The molecule has 166 valence electrons. The molecule has 0 fully saturated rings. The van der Waals surface area contributed by atoms with Crippen molar-refractivity contribution in [3.8, 4) is 22.8 Å². The predicted octanol–water partition coefficient (Wildman–Crippen LogP) is 6.87. The van der Waals surface area contributed by atoms with Gasteiger partial charge in [0.1, 0.15) is 0 Å². The summed E-state index contributed by atoms with van der Waals surface area (Å²) >= 11 is 18.1. The first kappa shape index (κ1) is 23.3. The summed E-state index contributed by atoms with van der Waals surface area (Å²) in [5.41, 5.74) is 1.43. The van der Waals surface area contributed by atoms with E-state index in [1.165, 1.54) is 23.1 Å². The third-order valence-electron chi connectivity index (χ3n) is 4.25. The van der Waals surface area contributed by atoms with Crippen LogP contribution in [0.2, 0.25) is 10.0 Å². The Morgan fingerprint density at radius 1 is 1.28 bits per heavy atom. The van der Waals surface area contributed by atoms with Crippen LogP contribution in [0.3, 0.4) is 0 Å². The first-order valence-electron chi connectivity index (χ1n) is 9.47. The molecule has 0 saturated carbocycles. The van der Waals surface area contributed by atoms with Gasteiger partial charge >= 0.3 is 0 Å². The molecule has 0 atom stereocenters. The summed E-state index contributed by atoms with van der Waals surface area (Å²) in [5, 5.41) is 15.3. The molecular formula is C20H16BrCl2N5O2S2. The number of anilines is 1. The monoisotopic (exact) mass is 571 g/mol. The van der Waals surface area contributed by atoms with Crippen LogP contribution < -0.4 is 5.32 Å². The highest BCUT2D eigenvalue weighted by Gasteiger charge is 2.18. The number of aromatic nitrogens is 4. The molecule has 1 N–H and O–H groups in total.